The lowest BCUT2D eigenvalue weighted by molar-refractivity contribution is -0.126. The SMILES string of the molecule is COC[C@H](C)NC(=O)C1CCN(c2nc(C)nc3c2c(C)nn3C)CC1. The predicted molar refractivity (Wildman–Crippen MR) is 100 cm³/mol. The van der Waals surface area contributed by atoms with Gasteiger partial charge < -0.3 is 15.0 Å². The number of piperidine rings is 1. The highest BCUT2D eigenvalue weighted by Gasteiger charge is 2.28. The molecular weight excluding hydrogens is 332 g/mol. The quantitative estimate of drug-likeness (QED) is 0.866. The second-order valence-electron chi connectivity index (χ2n) is 7.13. The Morgan fingerprint density at radius 3 is 2.65 bits per heavy atom. The molecule has 0 aliphatic carbocycles. The summed E-state index contributed by atoms with van der Waals surface area (Å²) in [4.78, 5) is 23.9. The van der Waals surface area contributed by atoms with E-state index in [-0.39, 0.29) is 17.9 Å². The summed E-state index contributed by atoms with van der Waals surface area (Å²) in [5.74, 6) is 1.84. The van der Waals surface area contributed by atoms with Crippen LogP contribution < -0.4 is 10.2 Å². The van der Waals surface area contributed by atoms with E-state index in [1.54, 1.807) is 11.8 Å². The summed E-state index contributed by atoms with van der Waals surface area (Å²) >= 11 is 0. The van der Waals surface area contributed by atoms with Crippen LogP contribution in [0, 0.1) is 19.8 Å². The van der Waals surface area contributed by atoms with Crippen LogP contribution >= 0.6 is 0 Å². The van der Waals surface area contributed by atoms with Gasteiger partial charge in [-0.25, -0.2) is 9.97 Å². The van der Waals surface area contributed by atoms with E-state index in [9.17, 15) is 4.79 Å². The number of rotatable bonds is 5. The third kappa shape index (κ3) is 3.65. The zero-order chi connectivity index (χ0) is 18.8. The molecule has 2 aromatic heterocycles. The third-order valence-corrected chi connectivity index (χ3v) is 4.92. The van der Waals surface area contributed by atoms with Gasteiger partial charge in [-0.15, -0.1) is 0 Å². The van der Waals surface area contributed by atoms with Crippen LogP contribution in [0.2, 0.25) is 0 Å². The smallest absolute Gasteiger partial charge is 0.223 e. The van der Waals surface area contributed by atoms with Gasteiger partial charge in [-0.2, -0.15) is 5.10 Å². The fraction of sp³-hybridized carbons (Fsp3) is 0.667. The minimum atomic E-state index is 0.0349. The van der Waals surface area contributed by atoms with Crippen molar-refractivity contribution in [2.24, 2.45) is 13.0 Å². The van der Waals surface area contributed by atoms with Crippen LogP contribution in [-0.4, -0.2) is 58.5 Å². The molecule has 26 heavy (non-hydrogen) atoms. The molecule has 1 fully saturated rings. The van der Waals surface area contributed by atoms with Crippen LogP contribution in [-0.2, 0) is 16.6 Å². The number of aryl methyl sites for hydroxylation is 3. The molecule has 2 aromatic rings. The standard InChI is InChI=1S/C18H28N6O2/c1-11(10-26-5)19-18(25)14-6-8-24(9-7-14)17-15-12(2)22-23(4)16(15)20-13(3)21-17/h11,14H,6-10H2,1-5H3,(H,19,25)/t11-/m0/s1. The fourth-order valence-corrected chi connectivity index (χ4v) is 3.66. The second-order valence-corrected chi connectivity index (χ2v) is 7.13. The Kier molecular flexibility index (Phi) is 5.41. The third-order valence-electron chi connectivity index (χ3n) is 4.92. The Morgan fingerprint density at radius 1 is 1.31 bits per heavy atom. The molecule has 0 unspecified atom stereocenters. The van der Waals surface area contributed by atoms with E-state index in [1.165, 1.54) is 0 Å². The summed E-state index contributed by atoms with van der Waals surface area (Å²) in [5, 5.41) is 8.54. The molecule has 0 bridgehead atoms. The Morgan fingerprint density at radius 2 is 2.00 bits per heavy atom. The summed E-state index contributed by atoms with van der Waals surface area (Å²) in [6.45, 7) is 7.99. The topological polar surface area (TPSA) is 85.2 Å². The molecule has 1 aliphatic heterocycles. The van der Waals surface area contributed by atoms with Gasteiger partial charge in [-0.1, -0.05) is 0 Å². The van der Waals surface area contributed by atoms with Crippen LogP contribution in [0.3, 0.4) is 0 Å². The van der Waals surface area contributed by atoms with Crippen molar-refractivity contribution in [3.05, 3.63) is 11.5 Å². The van der Waals surface area contributed by atoms with E-state index in [0.29, 0.717) is 6.61 Å². The normalized spacial score (nSPS) is 16.9. The van der Waals surface area contributed by atoms with Crippen LogP contribution in [0.4, 0.5) is 5.82 Å². The highest BCUT2D eigenvalue weighted by atomic mass is 16.5. The molecule has 8 nitrogen and oxygen atoms in total. The molecule has 1 amide bonds. The Labute approximate surface area is 153 Å². The van der Waals surface area contributed by atoms with Crippen molar-refractivity contribution in [2.45, 2.75) is 39.7 Å². The number of hydrogen-bond acceptors (Lipinski definition) is 6. The van der Waals surface area contributed by atoms with Gasteiger partial charge in [-0.3, -0.25) is 9.48 Å². The lowest BCUT2D eigenvalue weighted by Crippen LogP contribution is -2.44. The first-order valence-electron chi connectivity index (χ1n) is 9.13. The lowest BCUT2D eigenvalue weighted by Gasteiger charge is -2.33. The van der Waals surface area contributed by atoms with Gasteiger partial charge in [-0.05, 0) is 33.6 Å². The average Bonchev–Trinajstić information content (AvgIpc) is 2.88. The van der Waals surface area contributed by atoms with Gasteiger partial charge in [0, 0.05) is 39.2 Å². The summed E-state index contributed by atoms with van der Waals surface area (Å²) < 4.78 is 6.89. The van der Waals surface area contributed by atoms with E-state index in [2.05, 4.69) is 25.3 Å². The highest BCUT2D eigenvalue weighted by molar-refractivity contribution is 5.90. The summed E-state index contributed by atoms with van der Waals surface area (Å²) in [7, 11) is 3.55. The van der Waals surface area contributed by atoms with E-state index in [4.69, 9.17) is 4.74 Å². The molecule has 0 spiro atoms. The van der Waals surface area contributed by atoms with E-state index >= 15 is 0 Å². The molecule has 8 heteroatoms. The van der Waals surface area contributed by atoms with Crippen molar-refractivity contribution in [2.75, 3.05) is 31.7 Å². The summed E-state index contributed by atoms with van der Waals surface area (Å²) in [6, 6.07) is 0.0349. The Bertz CT molecular complexity index is 795. The maximum Gasteiger partial charge on any atom is 0.223 e. The number of nitrogens with zero attached hydrogens (tertiary/aromatic N) is 5. The van der Waals surface area contributed by atoms with Crippen molar-refractivity contribution in [3.63, 3.8) is 0 Å². The number of carbonyl (C=O) groups is 1. The van der Waals surface area contributed by atoms with Gasteiger partial charge >= 0.3 is 0 Å². The molecular formula is C18H28N6O2. The van der Waals surface area contributed by atoms with E-state index < -0.39 is 0 Å². The zero-order valence-electron chi connectivity index (χ0n) is 16.2. The lowest BCUT2D eigenvalue weighted by atomic mass is 9.95. The number of methoxy groups -OCH3 is 1. The number of hydrogen-bond donors (Lipinski definition) is 1. The Balaban J connectivity index is 1.73. The minimum Gasteiger partial charge on any atom is -0.383 e. The second kappa shape index (κ2) is 7.57. The molecule has 0 aromatic carbocycles. The summed E-state index contributed by atoms with van der Waals surface area (Å²) in [5.41, 5.74) is 1.80. The maximum atomic E-state index is 12.4. The maximum absolute atomic E-state index is 12.4. The van der Waals surface area contributed by atoms with Crippen molar-refractivity contribution in [1.82, 2.24) is 25.1 Å². The molecule has 0 saturated carbocycles. The first-order chi connectivity index (χ1) is 12.4. The van der Waals surface area contributed by atoms with Crippen LogP contribution in [0.15, 0.2) is 0 Å². The molecule has 142 valence electrons. The molecule has 1 N–H and O–H groups in total. The first kappa shape index (κ1) is 18.6. The molecule has 0 radical (unpaired) electrons. The fourth-order valence-electron chi connectivity index (χ4n) is 3.66. The van der Waals surface area contributed by atoms with Crippen molar-refractivity contribution in [1.29, 1.82) is 0 Å². The highest BCUT2D eigenvalue weighted by Crippen LogP contribution is 2.30. The first-order valence-corrected chi connectivity index (χ1v) is 9.13. The summed E-state index contributed by atoms with van der Waals surface area (Å²) in [6.07, 6.45) is 1.63. The molecule has 1 aliphatic rings. The molecule has 1 atom stereocenters. The van der Waals surface area contributed by atoms with Gasteiger partial charge in [0.25, 0.3) is 0 Å². The van der Waals surface area contributed by atoms with Gasteiger partial charge in [0.05, 0.1) is 17.7 Å². The van der Waals surface area contributed by atoms with Crippen LogP contribution in [0.1, 0.15) is 31.3 Å². The van der Waals surface area contributed by atoms with Gasteiger partial charge in [0.1, 0.15) is 11.6 Å². The average molecular weight is 360 g/mol. The number of aromatic nitrogens is 4. The number of anilines is 1. The van der Waals surface area contributed by atoms with Crippen molar-refractivity contribution < 1.29 is 9.53 Å². The largest absolute Gasteiger partial charge is 0.383 e. The van der Waals surface area contributed by atoms with E-state index in [0.717, 1.165) is 54.3 Å². The van der Waals surface area contributed by atoms with Gasteiger partial charge in [0.2, 0.25) is 5.91 Å². The predicted octanol–water partition coefficient (Wildman–Crippen LogP) is 1.35. The van der Waals surface area contributed by atoms with Crippen molar-refractivity contribution in [3.8, 4) is 0 Å². The molecule has 1 saturated heterocycles. The number of nitrogens with one attached hydrogen (secondary N) is 1. The van der Waals surface area contributed by atoms with Gasteiger partial charge in [0.15, 0.2) is 5.65 Å². The number of carbonyl (C=O) groups excluding carboxylic acids is 1. The monoisotopic (exact) mass is 360 g/mol. The minimum absolute atomic E-state index is 0.0349. The Hall–Kier alpha value is -2.22. The number of ether oxygens (including phenoxy) is 1. The van der Waals surface area contributed by atoms with Crippen LogP contribution in [0.5, 0.6) is 0 Å². The number of fused-ring (bicyclic) bond motifs is 1. The van der Waals surface area contributed by atoms with Crippen molar-refractivity contribution >= 4 is 22.8 Å². The molecule has 3 rings (SSSR count). The van der Waals surface area contributed by atoms with Crippen LogP contribution in [0.25, 0.3) is 11.0 Å². The zero-order valence-corrected chi connectivity index (χ0v) is 16.2. The van der Waals surface area contributed by atoms with E-state index in [1.807, 2.05) is 27.8 Å². The molecule has 3 heterocycles. The number of amides is 1.